The molecule has 0 saturated heterocycles. The van der Waals surface area contributed by atoms with Gasteiger partial charge < -0.3 is 5.11 Å². The number of fused-ring (bicyclic) bond motifs is 1. The van der Waals surface area contributed by atoms with Crippen molar-refractivity contribution in [1.29, 1.82) is 0 Å². The summed E-state index contributed by atoms with van der Waals surface area (Å²) in [6.07, 6.45) is -2.52. The number of rotatable bonds is 1. The number of aromatic hydroxyl groups is 1. The molecule has 0 radical (unpaired) electrons. The molecule has 0 spiro atoms. The van der Waals surface area contributed by atoms with Crippen LogP contribution in [0.5, 0.6) is 5.75 Å². The number of benzene rings is 1. The van der Waals surface area contributed by atoms with E-state index in [0.29, 0.717) is 15.0 Å². The lowest BCUT2D eigenvalue weighted by atomic mass is 10.2. The Balaban J connectivity index is 2.78. The van der Waals surface area contributed by atoms with E-state index in [9.17, 15) is 13.9 Å². The van der Waals surface area contributed by atoms with Gasteiger partial charge in [-0.3, -0.25) is 0 Å². The SMILES string of the molecule is Oc1cc(S)cc2c(C(F)F)csc12. The first-order valence-corrected chi connectivity index (χ1v) is 5.13. The fourth-order valence-electron chi connectivity index (χ4n) is 1.29. The third kappa shape index (κ3) is 1.46. The van der Waals surface area contributed by atoms with Crippen molar-refractivity contribution < 1.29 is 13.9 Å². The zero-order valence-electron chi connectivity index (χ0n) is 6.87. The highest BCUT2D eigenvalue weighted by atomic mass is 32.1. The molecule has 14 heavy (non-hydrogen) atoms. The second-order valence-corrected chi connectivity index (χ2v) is 4.23. The molecule has 0 aliphatic rings. The molecular formula is C9H6F2OS2. The molecule has 0 aliphatic carbocycles. The molecule has 1 N–H and O–H groups in total. The number of alkyl halides is 2. The van der Waals surface area contributed by atoms with Crippen LogP contribution in [0, 0.1) is 0 Å². The van der Waals surface area contributed by atoms with Gasteiger partial charge in [0.25, 0.3) is 6.43 Å². The summed E-state index contributed by atoms with van der Waals surface area (Å²) in [4.78, 5) is 0.482. The van der Waals surface area contributed by atoms with Crippen LogP contribution in [0.1, 0.15) is 12.0 Å². The Morgan fingerprint density at radius 1 is 1.36 bits per heavy atom. The van der Waals surface area contributed by atoms with Crippen molar-refractivity contribution in [1.82, 2.24) is 0 Å². The molecule has 0 unspecified atom stereocenters. The third-order valence-electron chi connectivity index (χ3n) is 1.90. The molecular weight excluding hydrogens is 226 g/mol. The summed E-state index contributed by atoms with van der Waals surface area (Å²) in [5, 5.41) is 11.2. The maximum atomic E-state index is 12.5. The van der Waals surface area contributed by atoms with Crippen molar-refractivity contribution >= 4 is 34.1 Å². The Kier molecular flexibility index (Phi) is 2.36. The van der Waals surface area contributed by atoms with E-state index in [-0.39, 0.29) is 11.3 Å². The minimum atomic E-state index is -2.52. The summed E-state index contributed by atoms with van der Waals surface area (Å²) < 4.78 is 25.5. The molecule has 1 aromatic heterocycles. The molecule has 0 atom stereocenters. The van der Waals surface area contributed by atoms with E-state index in [1.54, 1.807) is 0 Å². The molecule has 1 heterocycles. The number of hydrogen-bond acceptors (Lipinski definition) is 3. The van der Waals surface area contributed by atoms with Crippen molar-refractivity contribution in [2.45, 2.75) is 11.3 Å². The Hall–Kier alpha value is -0.810. The molecule has 0 amide bonds. The molecule has 0 bridgehead atoms. The van der Waals surface area contributed by atoms with Crippen LogP contribution in [0.25, 0.3) is 10.1 Å². The van der Waals surface area contributed by atoms with Gasteiger partial charge in [-0.1, -0.05) is 0 Å². The highest BCUT2D eigenvalue weighted by Crippen LogP contribution is 2.39. The van der Waals surface area contributed by atoms with Crippen molar-refractivity contribution in [2.24, 2.45) is 0 Å². The van der Waals surface area contributed by atoms with E-state index >= 15 is 0 Å². The number of halogens is 2. The van der Waals surface area contributed by atoms with Crippen molar-refractivity contribution in [2.75, 3.05) is 0 Å². The lowest BCUT2D eigenvalue weighted by Crippen LogP contribution is -1.80. The lowest BCUT2D eigenvalue weighted by Gasteiger charge is -1.99. The van der Waals surface area contributed by atoms with Crippen LogP contribution >= 0.6 is 24.0 Å². The predicted octanol–water partition coefficient (Wildman–Crippen LogP) is 3.83. The quantitative estimate of drug-likeness (QED) is 0.716. The summed E-state index contributed by atoms with van der Waals surface area (Å²) >= 11 is 5.13. The highest BCUT2D eigenvalue weighted by Gasteiger charge is 2.15. The number of hydrogen-bond donors (Lipinski definition) is 2. The number of thiol groups is 1. The second-order valence-electron chi connectivity index (χ2n) is 2.83. The van der Waals surface area contributed by atoms with Gasteiger partial charge in [-0.2, -0.15) is 0 Å². The zero-order valence-corrected chi connectivity index (χ0v) is 8.58. The Morgan fingerprint density at radius 2 is 2.07 bits per heavy atom. The number of phenolic OH excluding ortho intramolecular Hbond substituents is 1. The molecule has 0 fully saturated rings. The van der Waals surface area contributed by atoms with E-state index < -0.39 is 6.43 Å². The number of phenols is 1. The first-order valence-electron chi connectivity index (χ1n) is 3.81. The fraction of sp³-hybridized carbons (Fsp3) is 0.111. The lowest BCUT2D eigenvalue weighted by molar-refractivity contribution is 0.153. The number of thiophene rings is 1. The smallest absolute Gasteiger partial charge is 0.265 e. The van der Waals surface area contributed by atoms with Gasteiger partial charge in [0.15, 0.2) is 0 Å². The molecule has 74 valence electrons. The standard InChI is InChI=1S/C9H6F2OS2/c10-9(11)6-3-14-8-5(6)1-4(13)2-7(8)12/h1-3,9,12-13H. The van der Waals surface area contributed by atoms with Crippen LogP contribution < -0.4 is 0 Å². The minimum Gasteiger partial charge on any atom is -0.506 e. The van der Waals surface area contributed by atoms with Gasteiger partial charge in [0.2, 0.25) is 0 Å². The van der Waals surface area contributed by atoms with Gasteiger partial charge in [0, 0.05) is 21.2 Å². The van der Waals surface area contributed by atoms with Crippen LogP contribution in [0.2, 0.25) is 0 Å². The molecule has 1 aromatic carbocycles. The summed E-state index contributed by atoms with van der Waals surface area (Å²) in [6.45, 7) is 0. The van der Waals surface area contributed by atoms with Crippen LogP contribution in [-0.4, -0.2) is 5.11 Å². The molecule has 2 rings (SSSR count). The molecule has 5 heteroatoms. The van der Waals surface area contributed by atoms with E-state index in [2.05, 4.69) is 12.6 Å². The highest BCUT2D eigenvalue weighted by molar-refractivity contribution is 7.80. The van der Waals surface area contributed by atoms with Crippen LogP contribution in [0.3, 0.4) is 0 Å². The second kappa shape index (κ2) is 3.40. The average Bonchev–Trinajstić information content (AvgIpc) is 2.47. The largest absolute Gasteiger partial charge is 0.506 e. The Morgan fingerprint density at radius 3 is 2.71 bits per heavy atom. The molecule has 0 saturated carbocycles. The van der Waals surface area contributed by atoms with Crippen LogP contribution in [0.4, 0.5) is 8.78 Å². The van der Waals surface area contributed by atoms with E-state index in [0.717, 1.165) is 11.3 Å². The van der Waals surface area contributed by atoms with Gasteiger partial charge in [0.1, 0.15) is 5.75 Å². The summed E-state index contributed by atoms with van der Waals surface area (Å²) in [5.41, 5.74) is -0.0452. The van der Waals surface area contributed by atoms with Crippen LogP contribution in [-0.2, 0) is 0 Å². The van der Waals surface area contributed by atoms with Gasteiger partial charge >= 0.3 is 0 Å². The maximum Gasteiger partial charge on any atom is 0.265 e. The topological polar surface area (TPSA) is 20.2 Å². The summed E-state index contributed by atoms with van der Waals surface area (Å²) in [6, 6.07) is 2.98. The van der Waals surface area contributed by atoms with E-state index in [1.807, 2.05) is 0 Å². The molecule has 0 aliphatic heterocycles. The van der Waals surface area contributed by atoms with E-state index in [4.69, 9.17) is 0 Å². The van der Waals surface area contributed by atoms with Gasteiger partial charge in [-0.25, -0.2) is 8.78 Å². The normalized spacial score (nSPS) is 11.4. The van der Waals surface area contributed by atoms with Crippen molar-refractivity contribution in [3.63, 3.8) is 0 Å². The summed E-state index contributed by atoms with van der Waals surface area (Å²) in [7, 11) is 0. The van der Waals surface area contributed by atoms with Crippen molar-refractivity contribution in [3.05, 3.63) is 23.1 Å². The monoisotopic (exact) mass is 232 g/mol. The predicted molar refractivity (Wildman–Crippen MR) is 55.7 cm³/mol. The Bertz CT molecular complexity index is 479. The Labute approximate surface area is 88.4 Å². The van der Waals surface area contributed by atoms with Gasteiger partial charge in [-0.05, 0) is 12.1 Å². The maximum absolute atomic E-state index is 12.5. The fourth-order valence-corrected chi connectivity index (χ4v) is 2.50. The van der Waals surface area contributed by atoms with Gasteiger partial charge in [0.05, 0.1) is 4.70 Å². The molecule has 2 aromatic rings. The minimum absolute atomic E-state index is 0.00407. The average molecular weight is 232 g/mol. The zero-order chi connectivity index (χ0) is 10.3. The van der Waals surface area contributed by atoms with Crippen molar-refractivity contribution in [3.8, 4) is 5.75 Å². The van der Waals surface area contributed by atoms with E-state index in [1.165, 1.54) is 17.5 Å². The van der Waals surface area contributed by atoms with Crippen LogP contribution in [0.15, 0.2) is 22.4 Å². The summed E-state index contributed by atoms with van der Waals surface area (Å²) in [5.74, 6) is 0.00407. The first-order chi connectivity index (χ1) is 6.59. The molecule has 1 nitrogen and oxygen atoms in total. The van der Waals surface area contributed by atoms with Gasteiger partial charge in [-0.15, -0.1) is 24.0 Å². The third-order valence-corrected chi connectivity index (χ3v) is 3.20. The first kappa shape index (κ1) is 9.73.